The van der Waals surface area contributed by atoms with Crippen LogP contribution in [0, 0.1) is 13.8 Å². The molecule has 0 radical (unpaired) electrons. The first-order valence-electron chi connectivity index (χ1n) is 9.44. The van der Waals surface area contributed by atoms with Crippen molar-refractivity contribution in [3.05, 3.63) is 105 Å². The van der Waals surface area contributed by atoms with Gasteiger partial charge in [-0.3, -0.25) is 14.5 Å². The number of aromatic nitrogens is 1. The van der Waals surface area contributed by atoms with E-state index in [4.69, 9.17) is 4.42 Å². The van der Waals surface area contributed by atoms with Gasteiger partial charge in [-0.25, -0.2) is 4.98 Å². The number of carbonyl (C=O) groups excluding carboxylic acids is 1. The molecule has 29 heavy (non-hydrogen) atoms. The topological polar surface area (TPSA) is 63.4 Å². The third-order valence-electron chi connectivity index (χ3n) is 5.50. The van der Waals surface area contributed by atoms with Crippen LogP contribution in [-0.4, -0.2) is 10.9 Å². The summed E-state index contributed by atoms with van der Waals surface area (Å²) in [4.78, 5) is 32.8. The van der Waals surface area contributed by atoms with E-state index in [2.05, 4.69) is 4.98 Å². The standard InChI is InChI=1S/C24H18N2O3/c1-14-12-17-18(13-15(14)2)29-23-20(22(17)27)21(16-8-4-3-5-9-16)26(24(23)28)19-10-6-7-11-25-19/h3-13,21H,1-2H3. The van der Waals surface area contributed by atoms with E-state index in [1.54, 1.807) is 23.2 Å². The summed E-state index contributed by atoms with van der Waals surface area (Å²) in [6.07, 6.45) is 1.63. The number of anilines is 1. The lowest BCUT2D eigenvalue weighted by molar-refractivity contribution is 0.0970. The highest BCUT2D eigenvalue weighted by molar-refractivity contribution is 6.10. The number of aryl methyl sites for hydroxylation is 2. The number of amides is 1. The first-order valence-corrected chi connectivity index (χ1v) is 9.44. The van der Waals surface area contributed by atoms with Gasteiger partial charge in [0.05, 0.1) is 17.0 Å². The molecule has 2 aromatic heterocycles. The zero-order valence-corrected chi connectivity index (χ0v) is 16.0. The van der Waals surface area contributed by atoms with E-state index in [0.29, 0.717) is 22.4 Å². The highest BCUT2D eigenvalue weighted by Crippen LogP contribution is 2.40. The summed E-state index contributed by atoms with van der Waals surface area (Å²) in [5.74, 6) is 0.212. The van der Waals surface area contributed by atoms with E-state index in [-0.39, 0.29) is 17.1 Å². The molecule has 0 fully saturated rings. The Kier molecular flexibility index (Phi) is 3.84. The Morgan fingerprint density at radius 1 is 0.931 bits per heavy atom. The highest BCUT2D eigenvalue weighted by atomic mass is 16.3. The molecule has 3 heterocycles. The van der Waals surface area contributed by atoms with Crippen molar-refractivity contribution in [2.45, 2.75) is 19.9 Å². The summed E-state index contributed by atoms with van der Waals surface area (Å²) in [7, 11) is 0. The molecule has 1 atom stereocenters. The summed E-state index contributed by atoms with van der Waals surface area (Å²) in [6, 6.07) is 18.0. The lowest BCUT2D eigenvalue weighted by atomic mass is 9.97. The molecule has 0 saturated carbocycles. The van der Waals surface area contributed by atoms with Gasteiger partial charge < -0.3 is 4.42 Å². The largest absolute Gasteiger partial charge is 0.450 e. The van der Waals surface area contributed by atoms with Gasteiger partial charge >= 0.3 is 0 Å². The molecule has 5 rings (SSSR count). The lowest BCUT2D eigenvalue weighted by Gasteiger charge is -2.24. The van der Waals surface area contributed by atoms with Crippen molar-refractivity contribution in [3.63, 3.8) is 0 Å². The Morgan fingerprint density at radius 3 is 2.38 bits per heavy atom. The average Bonchev–Trinajstić information content (AvgIpc) is 3.04. The van der Waals surface area contributed by atoms with Crippen molar-refractivity contribution in [1.29, 1.82) is 0 Å². The predicted molar refractivity (Wildman–Crippen MR) is 111 cm³/mol. The zero-order valence-electron chi connectivity index (χ0n) is 16.0. The predicted octanol–water partition coefficient (Wildman–Crippen LogP) is 4.55. The molecule has 142 valence electrons. The van der Waals surface area contributed by atoms with Crippen molar-refractivity contribution >= 4 is 22.7 Å². The molecule has 4 aromatic rings. The average molecular weight is 382 g/mol. The van der Waals surface area contributed by atoms with E-state index < -0.39 is 6.04 Å². The Hall–Kier alpha value is -3.73. The SMILES string of the molecule is Cc1cc2oc3c(c(=O)c2cc1C)C(c1ccccc1)N(c1ccccn1)C3=O. The molecule has 1 aliphatic heterocycles. The van der Waals surface area contributed by atoms with Crippen LogP contribution >= 0.6 is 0 Å². The van der Waals surface area contributed by atoms with Gasteiger partial charge in [0.15, 0.2) is 5.43 Å². The fraction of sp³-hybridized carbons (Fsp3) is 0.125. The summed E-state index contributed by atoms with van der Waals surface area (Å²) < 4.78 is 6.02. The molecule has 0 aliphatic carbocycles. The summed E-state index contributed by atoms with van der Waals surface area (Å²) in [5.41, 5.74) is 3.47. The van der Waals surface area contributed by atoms with Crippen molar-refractivity contribution in [2.24, 2.45) is 0 Å². The molecule has 1 unspecified atom stereocenters. The summed E-state index contributed by atoms with van der Waals surface area (Å²) in [5, 5.41) is 0.489. The van der Waals surface area contributed by atoms with Gasteiger partial charge in [0, 0.05) is 6.20 Å². The quantitative estimate of drug-likeness (QED) is 0.510. The molecule has 0 bridgehead atoms. The number of hydrogen-bond acceptors (Lipinski definition) is 4. The third kappa shape index (κ3) is 2.58. The molecule has 0 saturated heterocycles. The maximum Gasteiger partial charge on any atom is 0.296 e. The van der Waals surface area contributed by atoms with Crippen LogP contribution in [0.2, 0.25) is 0 Å². The molecular formula is C24H18N2O3. The monoisotopic (exact) mass is 382 g/mol. The first kappa shape index (κ1) is 17.4. The Labute approximate surface area is 167 Å². The van der Waals surface area contributed by atoms with Crippen LogP contribution in [0.4, 0.5) is 5.82 Å². The van der Waals surface area contributed by atoms with Crippen LogP contribution in [0.5, 0.6) is 0 Å². The van der Waals surface area contributed by atoms with Gasteiger partial charge in [0.1, 0.15) is 11.4 Å². The Morgan fingerprint density at radius 2 is 1.66 bits per heavy atom. The summed E-state index contributed by atoms with van der Waals surface area (Å²) >= 11 is 0. The fourth-order valence-corrected chi connectivity index (χ4v) is 3.91. The van der Waals surface area contributed by atoms with Crippen molar-refractivity contribution in [1.82, 2.24) is 4.98 Å². The summed E-state index contributed by atoms with van der Waals surface area (Å²) in [6.45, 7) is 3.91. The van der Waals surface area contributed by atoms with Crippen LogP contribution in [0.1, 0.15) is 38.9 Å². The number of fused-ring (bicyclic) bond motifs is 2. The van der Waals surface area contributed by atoms with Crippen molar-refractivity contribution < 1.29 is 9.21 Å². The van der Waals surface area contributed by atoms with Gasteiger partial charge in [-0.15, -0.1) is 0 Å². The first-order chi connectivity index (χ1) is 14.1. The van der Waals surface area contributed by atoms with Gasteiger partial charge in [0.25, 0.3) is 5.91 Å². The maximum atomic E-state index is 13.5. The zero-order chi connectivity index (χ0) is 20.1. The second-order valence-electron chi connectivity index (χ2n) is 7.28. The smallest absolute Gasteiger partial charge is 0.296 e. The van der Waals surface area contributed by atoms with Gasteiger partial charge in [-0.05, 0) is 54.8 Å². The van der Waals surface area contributed by atoms with Crippen LogP contribution in [0.15, 0.2) is 76.1 Å². The van der Waals surface area contributed by atoms with Crippen LogP contribution in [0.3, 0.4) is 0 Å². The number of hydrogen-bond donors (Lipinski definition) is 0. The Balaban J connectivity index is 1.84. The second kappa shape index (κ2) is 6.41. The van der Waals surface area contributed by atoms with Crippen LogP contribution in [-0.2, 0) is 0 Å². The highest BCUT2D eigenvalue weighted by Gasteiger charge is 2.44. The molecule has 0 N–H and O–H groups in total. The van der Waals surface area contributed by atoms with Crippen molar-refractivity contribution in [3.8, 4) is 0 Å². The van der Waals surface area contributed by atoms with Crippen LogP contribution in [0.25, 0.3) is 11.0 Å². The molecule has 5 heteroatoms. The van der Waals surface area contributed by atoms with E-state index in [0.717, 1.165) is 16.7 Å². The molecular weight excluding hydrogens is 364 g/mol. The number of nitrogens with zero attached hydrogens (tertiary/aromatic N) is 2. The van der Waals surface area contributed by atoms with Gasteiger partial charge in [-0.2, -0.15) is 0 Å². The fourth-order valence-electron chi connectivity index (χ4n) is 3.91. The minimum Gasteiger partial charge on any atom is -0.450 e. The second-order valence-corrected chi connectivity index (χ2v) is 7.28. The molecule has 1 aliphatic rings. The minimum atomic E-state index is -0.587. The third-order valence-corrected chi connectivity index (χ3v) is 5.50. The maximum absolute atomic E-state index is 13.5. The molecule has 2 aromatic carbocycles. The number of rotatable bonds is 2. The van der Waals surface area contributed by atoms with Crippen molar-refractivity contribution in [2.75, 3.05) is 4.90 Å². The normalized spacial score (nSPS) is 15.7. The molecule has 1 amide bonds. The lowest BCUT2D eigenvalue weighted by Crippen LogP contribution is -2.30. The van der Waals surface area contributed by atoms with E-state index in [9.17, 15) is 9.59 Å². The number of carbonyl (C=O) groups is 1. The number of benzene rings is 2. The Bertz CT molecular complexity index is 1310. The van der Waals surface area contributed by atoms with Gasteiger partial charge in [0.2, 0.25) is 5.76 Å². The number of pyridine rings is 1. The van der Waals surface area contributed by atoms with E-state index >= 15 is 0 Å². The molecule has 5 nitrogen and oxygen atoms in total. The van der Waals surface area contributed by atoms with Crippen LogP contribution < -0.4 is 10.3 Å². The minimum absolute atomic E-state index is 0.0882. The van der Waals surface area contributed by atoms with Gasteiger partial charge in [-0.1, -0.05) is 36.4 Å². The van der Waals surface area contributed by atoms with E-state index in [1.165, 1.54) is 0 Å². The van der Waals surface area contributed by atoms with E-state index in [1.807, 2.05) is 62.4 Å². The molecule has 0 spiro atoms.